The quantitative estimate of drug-likeness (QED) is 0.575. The summed E-state index contributed by atoms with van der Waals surface area (Å²) in [5, 5.41) is 0. The Bertz CT molecular complexity index is 658. The van der Waals surface area contributed by atoms with Crippen molar-refractivity contribution >= 4 is 41.6 Å². The number of carbonyl (C=O) groups is 1. The summed E-state index contributed by atoms with van der Waals surface area (Å²) in [4.78, 5) is 11.6. The number of halogens is 3. The van der Waals surface area contributed by atoms with E-state index in [-0.39, 0.29) is 16.1 Å². The molecule has 1 heterocycles. The average molecular weight is 402 g/mol. The molecule has 0 bridgehead atoms. The predicted molar refractivity (Wildman–Crippen MR) is 76.4 cm³/mol. The van der Waals surface area contributed by atoms with E-state index in [0.717, 1.165) is 12.1 Å². The van der Waals surface area contributed by atoms with Crippen molar-refractivity contribution in [3.05, 3.63) is 28.0 Å². The molecule has 0 aliphatic carbocycles. The first kappa shape index (κ1) is 16.7. The molecule has 2 rings (SSSR count). The third-order valence-electron chi connectivity index (χ3n) is 2.93. The molecule has 1 aromatic rings. The van der Waals surface area contributed by atoms with Crippen molar-refractivity contribution in [2.45, 2.75) is 23.8 Å². The van der Waals surface area contributed by atoms with Gasteiger partial charge >= 0.3 is 5.97 Å². The minimum Gasteiger partial charge on any atom is -0.459 e. The van der Waals surface area contributed by atoms with Crippen LogP contribution in [0.25, 0.3) is 0 Å². The van der Waals surface area contributed by atoms with Crippen molar-refractivity contribution in [3.8, 4) is 0 Å². The second-order valence-electron chi connectivity index (χ2n) is 4.42. The number of benzene rings is 1. The summed E-state index contributed by atoms with van der Waals surface area (Å²) in [6, 6.07) is 1.63. The van der Waals surface area contributed by atoms with E-state index in [0.29, 0.717) is 26.1 Å². The van der Waals surface area contributed by atoms with E-state index in [1.165, 1.54) is 0 Å². The lowest BCUT2D eigenvalue weighted by molar-refractivity contribution is -0.0160. The molecule has 0 amide bonds. The SMILES string of the molecule is O=C(OC1CCOCC1)c1cc(F)cc(S(=O)(=O)Cl)c1Br. The highest BCUT2D eigenvalue weighted by atomic mass is 79.9. The van der Waals surface area contributed by atoms with Crippen molar-refractivity contribution in [1.82, 2.24) is 0 Å². The maximum atomic E-state index is 13.5. The Morgan fingerprint density at radius 1 is 1.38 bits per heavy atom. The van der Waals surface area contributed by atoms with E-state index in [1.807, 2.05) is 0 Å². The van der Waals surface area contributed by atoms with Gasteiger partial charge in [-0.2, -0.15) is 0 Å². The Balaban J connectivity index is 2.30. The van der Waals surface area contributed by atoms with E-state index in [1.54, 1.807) is 0 Å². The summed E-state index contributed by atoms with van der Waals surface area (Å²) in [5.74, 6) is -1.70. The fraction of sp³-hybridized carbons (Fsp3) is 0.417. The molecule has 0 saturated carbocycles. The standard InChI is InChI=1S/C12H11BrClFO5S/c13-11-9(5-7(15)6-10(11)21(14,17)18)12(16)20-8-1-3-19-4-2-8/h5-6,8H,1-4H2. The molecule has 1 fully saturated rings. The Morgan fingerprint density at radius 2 is 2.00 bits per heavy atom. The number of hydrogen-bond donors (Lipinski definition) is 0. The maximum absolute atomic E-state index is 13.5. The fourth-order valence-electron chi connectivity index (χ4n) is 1.90. The van der Waals surface area contributed by atoms with Crippen LogP contribution in [0.4, 0.5) is 4.39 Å². The first-order valence-corrected chi connectivity index (χ1v) is 9.11. The molecule has 1 aromatic carbocycles. The Labute approximate surface area is 133 Å². The van der Waals surface area contributed by atoms with Crippen molar-refractivity contribution in [2.24, 2.45) is 0 Å². The Kier molecular flexibility index (Phi) is 5.24. The second-order valence-corrected chi connectivity index (χ2v) is 7.75. The predicted octanol–water partition coefficient (Wildman–Crippen LogP) is 2.85. The van der Waals surface area contributed by atoms with Gasteiger partial charge in [-0.1, -0.05) is 0 Å². The second kappa shape index (κ2) is 6.60. The van der Waals surface area contributed by atoms with Crippen LogP contribution in [0.3, 0.4) is 0 Å². The lowest BCUT2D eigenvalue weighted by Gasteiger charge is -2.22. The van der Waals surface area contributed by atoms with Crippen LogP contribution in [0.15, 0.2) is 21.5 Å². The van der Waals surface area contributed by atoms with Crippen LogP contribution in [0.1, 0.15) is 23.2 Å². The van der Waals surface area contributed by atoms with Gasteiger partial charge < -0.3 is 9.47 Å². The van der Waals surface area contributed by atoms with Gasteiger partial charge in [-0.15, -0.1) is 0 Å². The molecule has 21 heavy (non-hydrogen) atoms. The molecular formula is C12H11BrClFO5S. The summed E-state index contributed by atoms with van der Waals surface area (Å²) in [6.07, 6.45) is 0.746. The van der Waals surface area contributed by atoms with Gasteiger partial charge in [0.25, 0.3) is 9.05 Å². The first-order valence-electron chi connectivity index (χ1n) is 6.01. The molecule has 0 atom stereocenters. The summed E-state index contributed by atoms with van der Waals surface area (Å²) < 4.78 is 46.5. The number of ether oxygens (including phenoxy) is 2. The van der Waals surface area contributed by atoms with Crippen LogP contribution in [-0.2, 0) is 18.5 Å². The average Bonchev–Trinajstić information content (AvgIpc) is 2.40. The summed E-state index contributed by atoms with van der Waals surface area (Å²) in [5.41, 5.74) is -0.222. The van der Waals surface area contributed by atoms with Crippen LogP contribution >= 0.6 is 26.6 Å². The van der Waals surface area contributed by atoms with Gasteiger partial charge in [0.1, 0.15) is 16.8 Å². The highest BCUT2D eigenvalue weighted by Crippen LogP contribution is 2.30. The van der Waals surface area contributed by atoms with Crippen LogP contribution in [0.5, 0.6) is 0 Å². The van der Waals surface area contributed by atoms with Crippen molar-refractivity contribution in [3.63, 3.8) is 0 Å². The van der Waals surface area contributed by atoms with Crippen LogP contribution < -0.4 is 0 Å². The third-order valence-corrected chi connectivity index (χ3v) is 5.39. The maximum Gasteiger partial charge on any atom is 0.339 e. The van der Waals surface area contributed by atoms with Gasteiger partial charge in [-0.05, 0) is 28.1 Å². The normalized spacial score (nSPS) is 16.7. The van der Waals surface area contributed by atoms with Gasteiger partial charge in [0.15, 0.2) is 0 Å². The molecule has 1 saturated heterocycles. The van der Waals surface area contributed by atoms with E-state index < -0.39 is 25.7 Å². The number of rotatable bonds is 3. The zero-order chi connectivity index (χ0) is 15.6. The van der Waals surface area contributed by atoms with Crippen LogP contribution in [-0.4, -0.2) is 33.7 Å². The minimum atomic E-state index is -4.19. The summed E-state index contributed by atoms with van der Waals surface area (Å²) in [7, 11) is 1.02. The molecule has 1 aliphatic heterocycles. The number of esters is 1. The zero-order valence-corrected chi connectivity index (χ0v) is 13.8. The van der Waals surface area contributed by atoms with Crippen molar-refractivity contribution in [2.75, 3.05) is 13.2 Å². The lowest BCUT2D eigenvalue weighted by Crippen LogP contribution is -2.26. The van der Waals surface area contributed by atoms with E-state index in [9.17, 15) is 17.6 Å². The van der Waals surface area contributed by atoms with E-state index in [2.05, 4.69) is 15.9 Å². The Morgan fingerprint density at radius 3 is 2.57 bits per heavy atom. The summed E-state index contributed by atoms with van der Waals surface area (Å²) in [6.45, 7) is 0.952. The molecule has 0 unspecified atom stereocenters. The smallest absolute Gasteiger partial charge is 0.339 e. The molecule has 0 aromatic heterocycles. The first-order chi connectivity index (χ1) is 9.79. The van der Waals surface area contributed by atoms with Crippen molar-refractivity contribution < 1.29 is 27.1 Å². The van der Waals surface area contributed by atoms with Gasteiger partial charge in [0.2, 0.25) is 0 Å². The number of carbonyl (C=O) groups excluding carboxylic acids is 1. The molecule has 116 valence electrons. The van der Waals surface area contributed by atoms with Crippen molar-refractivity contribution in [1.29, 1.82) is 0 Å². The molecule has 9 heteroatoms. The third kappa shape index (κ3) is 4.15. The highest BCUT2D eigenvalue weighted by molar-refractivity contribution is 9.10. The van der Waals surface area contributed by atoms with Gasteiger partial charge in [0.05, 0.1) is 23.2 Å². The minimum absolute atomic E-state index is 0.115. The molecule has 0 radical (unpaired) electrons. The topological polar surface area (TPSA) is 69.7 Å². The fourth-order valence-corrected chi connectivity index (χ4v) is 4.15. The molecule has 0 N–H and O–H groups in total. The molecule has 1 aliphatic rings. The van der Waals surface area contributed by atoms with E-state index >= 15 is 0 Å². The largest absolute Gasteiger partial charge is 0.459 e. The lowest BCUT2D eigenvalue weighted by atomic mass is 10.1. The molecular weight excluding hydrogens is 391 g/mol. The van der Waals surface area contributed by atoms with Gasteiger partial charge in [0, 0.05) is 23.5 Å². The molecule has 0 spiro atoms. The Hall–Kier alpha value is -0.700. The van der Waals surface area contributed by atoms with Crippen LogP contribution in [0, 0.1) is 5.82 Å². The van der Waals surface area contributed by atoms with Gasteiger partial charge in [-0.3, -0.25) is 0 Å². The van der Waals surface area contributed by atoms with Crippen LogP contribution in [0.2, 0.25) is 0 Å². The molecule has 5 nitrogen and oxygen atoms in total. The van der Waals surface area contributed by atoms with Gasteiger partial charge in [-0.25, -0.2) is 17.6 Å². The van der Waals surface area contributed by atoms with E-state index in [4.69, 9.17) is 20.2 Å². The zero-order valence-electron chi connectivity index (χ0n) is 10.6. The number of hydrogen-bond acceptors (Lipinski definition) is 5. The highest BCUT2D eigenvalue weighted by Gasteiger charge is 2.25. The monoisotopic (exact) mass is 400 g/mol. The summed E-state index contributed by atoms with van der Waals surface area (Å²) >= 11 is 2.96.